The van der Waals surface area contributed by atoms with Crippen LogP contribution < -0.4 is 0 Å². The Kier molecular flexibility index (Phi) is 9.31. The van der Waals surface area contributed by atoms with Crippen LogP contribution in [-0.4, -0.2) is 39.0 Å². The normalized spacial score (nSPS) is 11.5. The Hall–Kier alpha value is -9.40. The van der Waals surface area contributed by atoms with Gasteiger partial charge in [-0.3, -0.25) is 4.57 Å². The fourth-order valence-corrected chi connectivity index (χ4v) is 9.48. The van der Waals surface area contributed by atoms with Crippen molar-refractivity contribution in [2.75, 3.05) is 0 Å². The van der Waals surface area contributed by atoms with Gasteiger partial charge in [0, 0.05) is 55.0 Å². The molecule has 9 aromatic carbocycles. The standard InChI is InChI=1S/C60H38N8/c1-5-19-39(20-6-1)42-25-17-26-43(37-42)58-64-59(45-28-18-27-44(38-45)57-62-55(40-21-7-2-8-22-40)61-56(63-57)41-23-9-3-10-24-41)66-60(65-58)68-52-34-16-14-32-48(52)50-36-35-49-47-31-13-15-33-51(47)67(53(49)54(50)68)46-29-11-4-12-30-46/h1-38H. The van der Waals surface area contributed by atoms with E-state index in [1.165, 1.54) is 5.39 Å². The molecule has 0 aliphatic heterocycles. The Balaban J connectivity index is 1.08. The minimum atomic E-state index is 0.502. The molecule has 0 aliphatic rings. The van der Waals surface area contributed by atoms with Crippen molar-refractivity contribution in [3.63, 3.8) is 0 Å². The van der Waals surface area contributed by atoms with Crippen LogP contribution in [0.1, 0.15) is 0 Å². The first kappa shape index (κ1) is 39.0. The van der Waals surface area contributed by atoms with E-state index in [1.807, 2.05) is 84.9 Å². The third kappa shape index (κ3) is 6.70. The monoisotopic (exact) mass is 870 g/mol. The van der Waals surface area contributed by atoms with E-state index in [1.54, 1.807) is 0 Å². The molecule has 0 fully saturated rings. The molecular weight excluding hydrogens is 833 g/mol. The van der Waals surface area contributed by atoms with Gasteiger partial charge in [-0.15, -0.1) is 0 Å². The maximum atomic E-state index is 5.46. The molecule has 0 N–H and O–H groups in total. The Morgan fingerprint density at radius 2 is 0.588 bits per heavy atom. The molecule has 0 bridgehead atoms. The largest absolute Gasteiger partial charge is 0.307 e. The van der Waals surface area contributed by atoms with Crippen LogP contribution in [0, 0.1) is 0 Å². The lowest BCUT2D eigenvalue weighted by Crippen LogP contribution is -2.07. The lowest BCUT2D eigenvalue weighted by Gasteiger charge is -2.14. The minimum Gasteiger partial charge on any atom is -0.307 e. The number of hydrogen-bond acceptors (Lipinski definition) is 6. The van der Waals surface area contributed by atoms with Crippen LogP contribution in [0.4, 0.5) is 0 Å². The Morgan fingerprint density at radius 3 is 1.10 bits per heavy atom. The summed E-state index contributed by atoms with van der Waals surface area (Å²) in [4.78, 5) is 31.3. The summed E-state index contributed by atoms with van der Waals surface area (Å²) in [7, 11) is 0. The maximum Gasteiger partial charge on any atom is 0.238 e. The van der Waals surface area contributed by atoms with E-state index in [0.29, 0.717) is 35.1 Å². The molecule has 0 saturated carbocycles. The van der Waals surface area contributed by atoms with Gasteiger partial charge in [0.2, 0.25) is 5.95 Å². The number of para-hydroxylation sites is 3. The molecule has 8 heteroatoms. The van der Waals surface area contributed by atoms with Gasteiger partial charge in [-0.05, 0) is 47.5 Å². The molecule has 0 radical (unpaired) electrons. The van der Waals surface area contributed by atoms with Gasteiger partial charge < -0.3 is 4.57 Å². The van der Waals surface area contributed by atoms with Gasteiger partial charge in [-0.25, -0.2) is 19.9 Å². The van der Waals surface area contributed by atoms with Crippen LogP contribution in [-0.2, 0) is 0 Å². The number of aromatic nitrogens is 8. The highest BCUT2D eigenvalue weighted by Gasteiger charge is 2.24. The number of hydrogen-bond donors (Lipinski definition) is 0. The zero-order valence-electron chi connectivity index (χ0n) is 36.5. The molecule has 13 aromatic rings. The van der Waals surface area contributed by atoms with Gasteiger partial charge in [0.25, 0.3) is 0 Å². The Bertz CT molecular complexity index is 3960. The molecule has 0 unspecified atom stereocenters. The van der Waals surface area contributed by atoms with Crippen LogP contribution in [0.5, 0.6) is 0 Å². The summed E-state index contributed by atoms with van der Waals surface area (Å²) in [5.74, 6) is 3.29. The van der Waals surface area contributed by atoms with E-state index in [9.17, 15) is 0 Å². The number of rotatable bonds is 8. The SMILES string of the molecule is c1ccc(-c2cccc(-c3nc(-c4cccc(-c5nc(-c6ccccc6)nc(-c6ccccc6)n5)c4)nc(-n4c5ccccc5c5ccc6c7ccccc7n(-c7ccccc7)c6c54)n3)c2)cc1. The van der Waals surface area contributed by atoms with E-state index in [4.69, 9.17) is 29.9 Å². The van der Waals surface area contributed by atoms with Crippen molar-refractivity contribution in [3.8, 4) is 79.7 Å². The summed E-state index contributed by atoms with van der Waals surface area (Å²) in [6.45, 7) is 0. The molecular formula is C60H38N8. The second-order valence-corrected chi connectivity index (χ2v) is 16.7. The van der Waals surface area contributed by atoms with E-state index < -0.39 is 0 Å². The van der Waals surface area contributed by atoms with Crippen LogP contribution in [0.2, 0.25) is 0 Å². The fourth-order valence-electron chi connectivity index (χ4n) is 9.48. The van der Waals surface area contributed by atoms with Crippen molar-refractivity contribution in [2.24, 2.45) is 0 Å². The second-order valence-electron chi connectivity index (χ2n) is 16.7. The number of nitrogens with zero attached hydrogens (tertiary/aromatic N) is 8. The van der Waals surface area contributed by atoms with Crippen LogP contribution in [0.15, 0.2) is 231 Å². The topological polar surface area (TPSA) is 87.2 Å². The number of fused-ring (bicyclic) bond motifs is 7. The molecule has 8 nitrogen and oxygen atoms in total. The van der Waals surface area contributed by atoms with E-state index in [2.05, 4.69) is 155 Å². The van der Waals surface area contributed by atoms with Gasteiger partial charge >= 0.3 is 0 Å². The maximum absolute atomic E-state index is 5.46. The second kappa shape index (κ2) is 16.2. The van der Waals surface area contributed by atoms with Crippen LogP contribution in [0.3, 0.4) is 0 Å². The van der Waals surface area contributed by atoms with E-state index in [-0.39, 0.29) is 0 Å². The predicted molar refractivity (Wildman–Crippen MR) is 275 cm³/mol. The highest BCUT2D eigenvalue weighted by Crippen LogP contribution is 2.42. The highest BCUT2D eigenvalue weighted by molar-refractivity contribution is 6.23. The van der Waals surface area contributed by atoms with Crippen molar-refractivity contribution >= 4 is 43.6 Å². The van der Waals surface area contributed by atoms with Crippen molar-refractivity contribution in [1.82, 2.24) is 39.0 Å². The van der Waals surface area contributed by atoms with Crippen LogP contribution in [0.25, 0.3) is 123 Å². The summed E-state index contributed by atoms with van der Waals surface area (Å²) in [6.07, 6.45) is 0. The number of benzene rings is 9. The predicted octanol–water partition coefficient (Wildman–Crippen LogP) is 14.3. The third-order valence-electron chi connectivity index (χ3n) is 12.6. The van der Waals surface area contributed by atoms with Crippen molar-refractivity contribution in [2.45, 2.75) is 0 Å². The molecule has 0 saturated heterocycles. The molecule has 0 spiro atoms. The van der Waals surface area contributed by atoms with E-state index in [0.717, 1.165) is 82.9 Å². The summed E-state index contributed by atoms with van der Waals surface area (Å²) >= 11 is 0. The minimum absolute atomic E-state index is 0.502. The Morgan fingerprint density at radius 1 is 0.235 bits per heavy atom. The summed E-state index contributed by atoms with van der Waals surface area (Å²) in [5, 5.41) is 4.51. The average molecular weight is 871 g/mol. The quantitative estimate of drug-likeness (QED) is 0.151. The van der Waals surface area contributed by atoms with Gasteiger partial charge in [0.15, 0.2) is 29.1 Å². The Labute approximate surface area is 391 Å². The lowest BCUT2D eigenvalue weighted by atomic mass is 10.0. The fraction of sp³-hybridized carbons (Fsp3) is 0. The first-order chi connectivity index (χ1) is 33.7. The highest BCUT2D eigenvalue weighted by atomic mass is 15.2. The molecule has 318 valence electrons. The van der Waals surface area contributed by atoms with E-state index >= 15 is 0 Å². The first-order valence-electron chi connectivity index (χ1n) is 22.6. The third-order valence-corrected chi connectivity index (χ3v) is 12.6. The summed E-state index contributed by atoms with van der Waals surface area (Å²) in [6, 6.07) is 79.3. The summed E-state index contributed by atoms with van der Waals surface area (Å²) < 4.78 is 4.61. The first-order valence-corrected chi connectivity index (χ1v) is 22.6. The zero-order chi connectivity index (χ0) is 45.0. The molecule has 0 amide bonds. The molecule has 4 aromatic heterocycles. The van der Waals surface area contributed by atoms with Crippen molar-refractivity contribution in [3.05, 3.63) is 231 Å². The molecule has 0 atom stereocenters. The molecule has 0 aliphatic carbocycles. The molecule has 68 heavy (non-hydrogen) atoms. The van der Waals surface area contributed by atoms with Gasteiger partial charge in [-0.1, -0.05) is 194 Å². The zero-order valence-corrected chi connectivity index (χ0v) is 36.5. The smallest absolute Gasteiger partial charge is 0.238 e. The summed E-state index contributed by atoms with van der Waals surface area (Å²) in [5.41, 5.74) is 11.7. The van der Waals surface area contributed by atoms with Crippen molar-refractivity contribution in [1.29, 1.82) is 0 Å². The molecule has 4 heterocycles. The van der Waals surface area contributed by atoms with Gasteiger partial charge in [0.1, 0.15) is 0 Å². The van der Waals surface area contributed by atoms with Crippen LogP contribution >= 0.6 is 0 Å². The van der Waals surface area contributed by atoms with Crippen molar-refractivity contribution < 1.29 is 0 Å². The lowest BCUT2D eigenvalue weighted by molar-refractivity contribution is 0.953. The van der Waals surface area contributed by atoms with Gasteiger partial charge in [0.05, 0.1) is 22.1 Å². The average Bonchev–Trinajstić information content (AvgIpc) is 3.95. The molecule has 13 rings (SSSR count). The van der Waals surface area contributed by atoms with Gasteiger partial charge in [-0.2, -0.15) is 9.97 Å².